The molecule has 0 spiro atoms. The Morgan fingerprint density at radius 2 is 2.11 bits per heavy atom. The second-order valence-electron chi connectivity index (χ2n) is 4.77. The molecule has 0 saturated heterocycles. The fraction of sp³-hybridized carbons (Fsp3) is 0.500. The molecule has 0 fully saturated rings. The molecule has 4 heteroatoms. The Morgan fingerprint density at radius 3 is 2.72 bits per heavy atom. The summed E-state index contributed by atoms with van der Waals surface area (Å²) in [6.07, 6.45) is 0.213. The first kappa shape index (κ1) is 15.2. The molecule has 0 heterocycles. The summed E-state index contributed by atoms with van der Waals surface area (Å²) in [7, 11) is 0. The lowest BCUT2D eigenvalue weighted by Crippen LogP contribution is -2.29. The highest BCUT2D eigenvalue weighted by atomic mass is 79.9. The van der Waals surface area contributed by atoms with E-state index in [1.54, 1.807) is 6.07 Å². The minimum atomic E-state index is -0.367. The van der Waals surface area contributed by atoms with Crippen LogP contribution in [0.15, 0.2) is 22.7 Å². The Hall–Kier alpha value is -0.870. The van der Waals surface area contributed by atoms with Crippen molar-refractivity contribution in [2.75, 3.05) is 6.54 Å². The first-order valence-electron chi connectivity index (χ1n) is 6.15. The smallest absolute Gasteiger partial charge is 0.251 e. The largest absolute Gasteiger partial charge is 0.393 e. The van der Waals surface area contributed by atoms with E-state index in [1.807, 2.05) is 32.9 Å². The summed E-state index contributed by atoms with van der Waals surface area (Å²) in [5.74, 6) is 0.124. The van der Waals surface area contributed by atoms with Gasteiger partial charge >= 0.3 is 0 Å². The van der Waals surface area contributed by atoms with Crippen LogP contribution < -0.4 is 5.32 Å². The van der Waals surface area contributed by atoms with Gasteiger partial charge in [-0.2, -0.15) is 0 Å². The van der Waals surface area contributed by atoms with E-state index in [4.69, 9.17) is 0 Å². The van der Waals surface area contributed by atoms with E-state index in [9.17, 15) is 9.90 Å². The predicted molar refractivity (Wildman–Crippen MR) is 76.7 cm³/mol. The molecule has 18 heavy (non-hydrogen) atoms. The maximum absolute atomic E-state index is 12.0. The molecule has 0 radical (unpaired) electrons. The molecule has 0 aromatic heterocycles. The molecule has 0 saturated carbocycles. The van der Waals surface area contributed by atoms with E-state index in [0.717, 1.165) is 10.0 Å². The number of carbonyl (C=O) groups excluding carboxylic acids is 1. The minimum absolute atomic E-state index is 0.0928. The average molecular weight is 314 g/mol. The molecule has 0 bridgehead atoms. The number of amides is 1. The molecule has 0 aliphatic rings. The third-order valence-electron chi connectivity index (χ3n) is 3.01. The molecule has 1 unspecified atom stereocenters. The van der Waals surface area contributed by atoms with Crippen LogP contribution in [-0.4, -0.2) is 23.7 Å². The van der Waals surface area contributed by atoms with Crippen LogP contribution in [0, 0.1) is 12.8 Å². The number of aliphatic hydroxyl groups is 1. The molecule has 100 valence electrons. The number of halogens is 1. The van der Waals surface area contributed by atoms with Crippen LogP contribution in [0.25, 0.3) is 0 Å². The van der Waals surface area contributed by atoms with Crippen LogP contribution in [0.1, 0.15) is 36.2 Å². The SMILES string of the molecule is Cc1c(Br)cccc1C(=O)NCCC(O)C(C)C. The number of benzene rings is 1. The van der Waals surface area contributed by atoms with Gasteiger partial charge in [0, 0.05) is 16.6 Å². The van der Waals surface area contributed by atoms with Crippen molar-refractivity contribution in [3.8, 4) is 0 Å². The van der Waals surface area contributed by atoms with E-state index in [1.165, 1.54) is 0 Å². The molecule has 1 atom stereocenters. The average Bonchev–Trinajstić information content (AvgIpc) is 2.32. The van der Waals surface area contributed by atoms with Crippen LogP contribution in [0.5, 0.6) is 0 Å². The number of hydrogen-bond donors (Lipinski definition) is 2. The lowest BCUT2D eigenvalue weighted by Gasteiger charge is -2.15. The summed E-state index contributed by atoms with van der Waals surface area (Å²) in [6.45, 7) is 6.32. The predicted octanol–water partition coefficient (Wildman–Crippen LogP) is 2.89. The van der Waals surface area contributed by atoms with Gasteiger partial charge in [0.2, 0.25) is 0 Å². The van der Waals surface area contributed by atoms with Gasteiger partial charge in [-0.3, -0.25) is 4.79 Å². The van der Waals surface area contributed by atoms with E-state index in [0.29, 0.717) is 18.5 Å². The second kappa shape index (κ2) is 6.90. The molecular weight excluding hydrogens is 294 g/mol. The zero-order chi connectivity index (χ0) is 13.7. The lowest BCUT2D eigenvalue weighted by molar-refractivity contribution is 0.0919. The van der Waals surface area contributed by atoms with Gasteiger partial charge in [-0.05, 0) is 37.0 Å². The van der Waals surface area contributed by atoms with Gasteiger partial charge < -0.3 is 10.4 Å². The molecule has 0 aliphatic heterocycles. The summed E-state index contributed by atoms with van der Waals surface area (Å²) < 4.78 is 0.928. The van der Waals surface area contributed by atoms with Crippen molar-refractivity contribution in [2.45, 2.75) is 33.3 Å². The van der Waals surface area contributed by atoms with Gasteiger partial charge in [0.15, 0.2) is 0 Å². The van der Waals surface area contributed by atoms with Crippen LogP contribution in [0.4, 0.5) is 0 Å². The molecule has 1 aromatic carbocycles. The molecule has 1 aromatic rings. The Morgan fingerprint density at radius 1 is 1.44 bits per heavy atom. The standard InChI is InChI=1S/C14H20BrNO2/c1-9(2)13(17)7-8-16-14(18)11-5-4-6-12(15)10(11)3/h4-6,9,13,17H,7-8H2,1-3H3,(H,16,18). The van der Waals surface area contributed by atoms with E-state index >= 15 is 0 Å². The van der Waals surface area contributed by atoms with Crippen molar-refractivity contribution in [1.82, 2.24) is 5.32 Å². The normalized spacial score (nSPS) is 12.6. The minimum Gasteiger partial charge on any atom is -0.393 e. The van der Waals surface area contributed by atoms with E-state index in [-0.39, 0.29) is 17.9 Å². The first-order chi connectivity index (χ1) is 8.43. The summed E-state index contributed by atoms with van der Waals surface area (Å²) in [5, 5.41) is 12.5. The van der Waals surface area contributed by atoms with Crippen molar-refractivity contribution in [3.05, 3.63) is 33.8 Å². The highest BCUT2D eigenvalue weighted by molar-refractivity contribution is 9.10. The topological polar surface area (TPSA) is 49.3 Å². The van der Waals surface area contributed by atoms with Gasteiger partial charge in [-0.25, -0.2) is 0 Å². The van der Waals surface area contributed by atoms with Crippen LogP contribution >= 0.6 is 15.9 Å². The molecule has 0 aliphatic carbocycles. The zero-order valence-corrected chi connectivity index (χ0v) is 12.6. The quantitative estimate of drug-likeness (QED) is 0.878. The van der Waals surface area contributed by atoms with Crippen molar-refractivity contribution >= 4 is 21.8 Å². The Balaban J connectivity index is 2.54. The molecule has 1 rings (SSSR count). The zero-order valence-electron chi connectivity index (χ0n) is 11.0. The third-order valence-corrected chi connectivity index (χ3v) is 3.87. The summed E-state index contributed by atoms with van der Waals surface area (Å²) >= 11 is 3.40. The number of nitrogens with one attached hydrogen (secondary N) is 1. The van der Waals surface area contributed by atoms with Crippen molar-refractivity contribution in [1.29, 1.82) is 0 Å². The highest BCUT2D eigenvalue weighted by Crippen LogP contribution is 2.19. The van der Waals surface area contributed by atoms with Crippen molar-refractivity contribution in [2.24, 2.45) is 5.92 Å². The third kappa shape index (κ3) is 4.10. The van der Waals surface area contributed by atoms with Crippen LogP contribution in [-0.2, 0) is 0 Å². The number of hydrogen-bond acceptors (Lipinski definition) is 2. The van der Waals surface area contributed by atoms with Crippen molar-refractivity contribution in [3.63, 3.8) is 0 Å². The Kier molecular flexibility index (Phi) is 5.82. The molecule has 2 N–H and O–H groups in total. The maximum atomic E-state index is 12.0. The van der Waals surface area contributed by atoms with Crippen LogP contribution in [0.2, 0.25) is 0 Å². The van der Waals surface area contributed by atoms with Gasteiger partial charge in [-0.15, -0.1) is 0 Å². The monoisotopic (exact) mass is 313 g/mol. The fourth-order valence-corrected chi connectivity index (χ4v) is 1.98. The molecular formula is C14H20BrNO2. The number of aliphatic hydroxyl groups excluding tert-OH is 1. The van der Waals surface area contributed by atoms with E-state index in [2.05, 4.69) is 21.2 Å². The number of rotatable bonds is 5. The lowest BCUT2D eigenvalue weighted by atomic mass is 10.0. The van der Waals surface area contributed by atoms with Gasteiger partial charge in [0.05, 0.1) is 6.10 Å². The summed E-state index contributed by atoms with van der Waals surface area (Å²) in [5.41, 5.74) is 1.60. The van der Waals surface area contributed by atoms with Gasteiger partial charge in [0.25, 0.3) is 5.91 Å². The first-order valence-corrected chi connectivity index (χ1v) is 6.94. The number of carbonyl (C=O) groups is 1. The summed E-state index contributed by atoms with van der Waals surface area (Å²) in [4.78, 5) is 12.0. The fourth-order valence-electron chi connectivity index (χ4n) is 1.62. The highest BCUT2D eigenvalue weighted by Gasteiger charge is 2.12. The Bertz CT molecular complexity index is 418. The van der Waals surface area contributed by atoms with Crippen LogP contribution in [0.3, 0.4) is 0 Å². The Labute approximate surface area is 117 Å². The maximum Gasteiger partial charge on any atom is 0.251 e. The second-order valence-corrected chi connectivity index (χ2v) is 5.62. The van der Waals surface area contributed by atoms with Crippen molar-refractivity contribution < 1.29 is 9.90 Å². The van der Waals surface area contributed by atoms with Gasteiger partial charge in [-0.1, -0.05) is 35.8 Å². The van der Waals surface area contributed by atoms with Gasteiger partial charge in [0.1, 0.15) is 0 Å². The molecule has 1 amide bonds. The molecule has 3 nitrogen and oxygen atoms in total. The van der Waals surface area contributed by atoms with E-state index < -0.39 is 0 Å². The summed E-state index contributed by atoms with van der Waals surface area (Å²) in [6, 6.07) is 5.55.